The molecule has 0 amide bonds. The summed E-state index contributed by atoms with van der Waals surface area (Å²) in [7, 11) is -6.61. The first-order valence-corrected chi connectivity index (χ1v) is 15.9. The summed E-state index contributed by atoms with van der Waals surface area (Å²) < 4.78 is 54.1. The number of rotatable bonds is 9. The molecule has 0 saturated carbocycles. The highest BCUT2D eigenvalue weighted by Crippen LogP contribution is 2.30. The van der Waals surface area contributed by atoms with E-state index in [1.165, 1.54) is 6.26 Å². The van der Waals surface area contributed by atoms with Crippen LogP contribution in [-0.4, -0.2) is 53.9 Å². The molecule has 3 heterocycles. The van der Waals surface area contributed by atoms with Crippen molar-refractivity contribution in [1.29, 1.82) is 0 Å². The molecule has 2 aliphatic rings. The Labute approximate surface area is 228 Å². The van der Waals surface area contributed by atoms with Crippen LogP contribution in [-0.2, 0) is 26.2 Å². The fourth-order valence-corrected chi connectivity index (χ4v) is 6.02. The van der Waals surface area contributed by atoms with Gasteiger partial charge in [-0.3, -0.25) is 14.9 Å². The van der Waals surface area contributed by atoms with Gasteiger partial charge in [0.2, 0.25) is 15.7 Å². The molecular weight excluding hydrogens is 536 g/mol. The Hall–Kier alpha value is -3.80. The molecule has 9 nitrogen and oxygen atoms in total. The van der Waals surface area contributed by atoms with Gasteiger partial charge < -0.3 is 9.73 Å². The van der Waals surface area contributed by atoms with E-state index in [0.717, 1.165) is 16.8 Å². The molecule has 11 heteroatoms. The first-order chi connectivity index (χ1) is 18.7. The van der Waals surface area contributed by atoms with Crippen molar-refractivity contribution in [2.45, 2.75) is 16.3 Å². The number of hydrogen-bond donors (Lipinski definition) is 1. The Morgan fingerprint density at radius 1 is 1.05 bits per heavy atom. The van der Waals surface area contributed by atoms with Gasteiger partial charge in [0.05, 0.1) is 39.8 Å². The number of allylic oxidation sites excluding steroid dienone is 1. The normalized spacial score (nSPS) is 18.3. The molecule has 2 aliphatic heterocycles. The molecule has 39 heavy (non-hydrogen) atoms. The minimum absolute atomic E-state index is 0.0291. The second-order valence-electron chi connectivity index (χ2n) is 9.32. The number of nitrogens with zero attached hydrogens (tertiary/aromatic N) is 3. The minimum atomic E-state index is -3.60. The van der Waals surface area contributed by atoms with Crippen LogP contribution in [0, 0.1) is 5.92 Å². The number of furan rings is 1. The largest absolute Gasteiger partial charge is 0.448 e. The zero-order valence-corrected chi connectivity index (χ0v) is 22.9. The van der Waals surface area contributed by atoms with Crippen LogP contribution >= 0.6 is 0 Å². The third-order valence-corrected chi connectivity index (χ3v) is 9.00. The van der Waals surface area contributed by atoms with E-state index in [2.05, 4.69) is 10.3 Å². The lowest BCUT2D eigenvalue weighted by Crippen LogP contribution is -2.27. The van der Waals surface area contributed by atoms with Crippen molar-refractivity contribution in [2.24, 2.45) is 15.9 Å². The highest BCUT2D eigenvalue weighted by molar-refractivity contribution is 7.91. The summed E-state index contributed by atoms with van der Waals surface area (Å²) in [4.78, 5) is 11.6. The van der Waals surface area contributed by atoms with Crippen LogP contribution in [0.1, 0.15) is 5.56 Å². The van der Waals surface area contributed by atoms with Gasteiger partial charge in [0.15, 0.2) is 0 Å². The van der Waals surface area contributed by atoms with Gasteiger partial charge in [0.1, 0.15) is 9.84 Å². The molecule has 0 aliphatic carbocycles. The maximum atomic E-state index is 12.9. The Kier molecular flexibility index (Phi) is 7.65. The van der Waals surface area contributed by atoms with Crippen molar-refractivity contribution in [1.82, 2.24) is 5.32 Å². The third kappa shape index (κ3) is 6.44. The lowest BCUT2D eigenvalue weighted by Gasteiger charge is -2.26. The summed E-state index contributed by atoms with van der Waals surface area (Å²) in [5.41, 5.74) is 3.29. The first kappa shape index (κ1) is 26.8. The molecule has 1 unspecified atom stereocenters. The van der Waals surface area contributed by atoms with E-state index < -0.39 is 19.7 Å². The number of fused-ring (bicyclic) bond motifs is 1. The number of sulfone groups is 2. The van der Waals surface area contributed by atoms with Crippen LogP contribution in [0.15, 0.2) is 115 Å². The van der Waals surface area contributed by atoms with Gasteiger partial charge in [-0.25, -0.2) is 16.8 Å². The SMILES string of the molecule is CS(=O)(=O)CCNCc1coc(N2C=CC3C=NCC(=Nc4ccc(S(=O)(=O)c5ccccc5)cc4)C3=C2)c1. The quantitative estimate of drug-likeness (QED) is 0.391. The molecule has 0 fully saturated rings. The molecule has 2 aromatic carbocycles. The van der Waals surface area contributed by atoms with Crippen LogP contribution in [0.5, 0.6) is 0 Å². The van der Waals surface area contributed by atoms with Crippen LogP contribution in [0.3, 0.4) is 0 Å². The van der Waals surface area contributed by atoms with Gasteiger partial charge in [0, 0.05) is 61.1 Å². The molecule has 202 valence electrons. The molecule has 0 radical (unpaired) electrons. The average molecular weight is 565 g/mol. The van der Waals surface area contributed by atoms with Gasteiger partial charge in [-0.2, -0.15) is 0 Å². The van der Waals surface area contributed by atoms with E-state index in [-0.39, 0.29) is 21.5 Å². The Bertz CT molecular complexity index is 1670. The smallest absolute Gasteiger partial charge is 0.206 e. The maximum absolute atomic E-state index is 12.9. The number of anilines is 1. The molecule has 3 aromatic rings. The van der Waals surface area contributed by atoms with E-state index in [4.69, 9.17) is 9.41 Å². The molecule has 1 aromatic heterocycles. The molecule has 0 bridgehead atoms. The topological polar surface area (TPSA) is 121 Å². The summed E-state index contributed by atoms with van der Waals surface area (Å²) in [6, 6.07) is 16.8. The molecule has 0 spiro atoms. The zero-order chi connectivity index (χ0) is 27.5. The Balaban J connectivity index is 1.32. The van der Waals surface area contributed by atoms with Crippen LogP contribution in [0.25, 0.3) is 0 Å². The van der Waals surface area contributed by atoms with E-state index in [1.54, 1.807) is 60.9 Å². The van der Waals surface area contributed by atoms with Crippen molar-refractivity contribution in [2.75, 3.05) is 30.0 Å². The Morgan fingerprint density at radius 3 is 2.54 bits per heavy atom. The van der Waals surface area contributed by atoms with Crippen molar-refractivity contribution in [3.05, 3.63) is 96.5 Å². The maximum Gasteiger partial charge on any atom is 0.206 e. The standard InChI is InChI=1S/C28H28N4O5S2/c1-38(33,34)14-12-29-16-21-15-28(37-20-21)32-13-11-22-17-30-18-27(26(22)19-32)31-23-7-9-25(10-8-23)39(35,36)24-5-3-2-4-6-24/h2-11,13,15,17,19-20,22,29H,12,14,16,18H2,1H3. The summed E-state index contributed by atoms with van der Waals surface area (Å²) >= 11 is 0. The lowest BCUT2D eigenvalue weighted by molar-refractivity contribution is 0.564. The van der Waals surface area contributed by atoms with E-state index in [9.17, 15) is 16.8 Å². The van der Waals surface area contributed by atoms with Gasteiger partial charge in [-0.05, 0) is 36.4 Å². The monoisotopic (exact) mass is 564 g/mol. The van der Waals surface area contributed by atoms with Crippen LogP contribution < -0.4 is 10.2 Å². The molecular formula is C28H28N4O5S2. The van der Waals surface area contributed by atoms with E-state index >= 15 is 0 Å². The van der Waals surface area contributed by atoms with Gasteiger partial charge in [-0.1, -0.05) is 24.3 Å². The second-order valence-corrected chi connectivity index (χ2v) is 13.5. The number of hydrogen-bond acceptors (Lipinski definition) is 9. The summed E-state index contributed by atoms with van der Waals surface area (Å²) in [5.74, 6) is 0.669. The van der Waals surface area contributed by atoms with Crippen molar-refractivity contribution in [3.63, 3.8) is 0 Å². The van der Waals surface area contributed by atoms with Gasteiger partial charge in [-0.15, -0.1) is 0 Å². The Morgan fingerprint density at radius 2 is 1.79 bits per heavy atom. The predicted octanol–water partition coefficient (Wildman–Crippen LogP) is 3.94. The van der Waals surface area contributed by atoms with Crippen LogP contribution in [0.4, 0.5) is 11.6 Å². The highest BCUT2D eigenvalue weighted by atomic mass is 32.2. The van der Waals surface area contributed by atoms with Crippen molar-refractivity contribution in [3.8, 4) is 0 Å². The minimum Gasteiger partial charge on any atom is -0.448 e. The van der Waals surface area contributed by atoms with Gasteiger partial charge in [0.25, 0.3) is 0 Å². The number of nitrogens with one attached hydrogen (secondary N) is 1. The molecule has 1 N–H and O–H groups in total. The summed E-state index contributed by atoms with van der Waals surface area (Å²) in [6.07, 6.45) is 10.6. The number of aliphatic imine (C=N–C) groups is 2. The predicted molar refractivity (Wildman–Crippen MR) is 152 cm³/mol. The first-order valence-electron chi connectivity index (χ1n) is 12.3. The van der Waals surface area contributed by atoms with Crippen LogP contribution in [0.2, 0.25) is 0 Å². The molecule has 0 saturated heterocycles. The van der Waals surface area contributed by atoms with Gasteiger partial charge >= 0.3 is 0 Å². The zero-order valence-electron chi connectivity index (χ0n) is 21.3. The van der Waals surface area contributed by atoms with Crippen molar-refractivity contribution >= 4 is 43.2 Å². The molecule has 5 rings (SSSR count). The fraction of sp³-hybridized carbons (Fsp3) is 0.214. The van der Waals surface area contributed by atoms with Crippen molar-refractivity contribution < 1.29 is 21.3 Å². The lowest BCUT2D eigenvalue weighted by atomic mass is 9.92. The second kappa shape index (κ2) is 11.1. The molecule has 1 atom stereocenters. The average Bonchev–Trinajstić information content (AvgIpc) is 3.40. The number of benzene rings is 2. The third-order valence-electron chi connectivity index (χ3n) is 6.27. The summed E-state index contributed by atoms with van der Waals surface area (Å²) in [5, 5.41) is 3.11. The van der Waals surface area contributed by atoms with E-state index in [1.807, 2.05) is 35.7 Å². The van der Waals surface area contributed by atoms with E-state index in [0.29, 0.717) is 31.2 Å². The summed E-state index contributed by atoms with van der Waals surface area (Å²) in [6.45, 7) is 1.26. The fourth-order valence-electron chi connectivity index (χ4n) is 4.22. The highest BCUT2D eigenvalue weighted by Gasteiger charge is 2.25.